The Balaban J connectivity index is 1.42. The Bertz CT molecular complexity index is 1260. The van der Waals surface area contributed by atoms with Crippen molar-refractivity contribution >= 4 is 63.0 Å². The number of amides is 1. The van der Waals surface area contributed by atoms with Gasteiger partial charge < -0.3 is 11.1 Å². The molecule has 2 heterocycles. The molecule has 0 saturated heterocycles. The van der Waals surface area contributed by atoms with E-state index in [0.717, 1.165) is 16.8 Å². The number of tetrazole rings is 1. The maximum Gasteiger partial charge on any atom is 0.234 e. The Morgan fingerprint density at radius 3 is 2.77 bits per heavy atom. The third-order valence-electron chi connectivity index (χ3n) is 4.17. The number of thioether (sulfide) groups is 1. The van der Waals surface area contributed by atoms with Gasteiger partial charge in [-0.3, -0.25) is 4.79 Å². The van der Waals surface area contributed by atoms with E-state index in [2.05, 4.69) is 25.8 Å². The molecule has 0 saturated carbocycles. The molecule has 0 aliphatic carbocycles. The molecule has 12 heteroatoms. The fraction of sp³-hybridized carbons (Fsp3) is 0.105. The van der Waals surface area contributed by atoms with Crippen molar-refractivity contribution in [2.45, 2.75) is 12.1 Å². The maximum absolute atomic E-state index is 12.5. The zero-order chi connectivity index (χ0) is 22.0. The van der Waals surface area contributed by atoms with Crippen LogP contribution in [0.2, 0.25) is 10.0 Å². The zero-order valence-electron chi connectivity index (χ0n) is 16.0. The molecule has 0 aliphatic rings. The van der Waals surface area contributed by atoms with Crippen LogP contribution in [0.5, 0.6) is 0 Å². The highest BCUT2D eigenvalue weighted by Gasteiger charge is 2.15. The van der Waals surface area contributed by atoms with Gasteiger partial charge in [-0.15, -0.1) is 16.4 Å². The molecule has 4 rings (SSSR count). The molecule has 31 heavy (non-hydrogen) atoms. The predicted molar refractivity (Wildman–Crippen MR) is 125 cm³/mol. The maximum atomic E-state index is 12.5. The Morgan fingerprint density at radius 1 is 1.23 bits per heavy atom. The summed E-state index contributed by atoms with van der Waals surface area (Å²) >= 11 is 15.2. The number of hydrogen-bond donors (Lipinski definition) is 2. The topological polar surface area (TPSA) is 112 Å². The first-order valence-corrected chi connectivity index (χ1v) is 11.5. The number of nitrogens with two attached hydrogens (primary N) is 1. The molecular weight excluding hydrogens is 477 g/mol. The van der Waals surface area contributed by atoms with E-state index < -0.39 is 0 Å². The lowest BCUT2D eigenvalue weighted by Gasteiger charge is -2.09. The normalized spacial score (nSPS) is 10.9. The summed E-state index contributed by atoms with van der Waals surface area (Å²) in [6.07, 6.45) is 0. The quantitative estimate of drug-likeness (QED) is 0.375. The first-order valence-electron chi connectivity index (χ1n) is 8.89. The summed E-state index contributed by atoms with van der Waals surface area (Å²) in [6.45, 7) is 1.94. The molecule has 0 atom stereocenters. The minimum atomic E-state index is -0.248. The molecule has 0 unspecified atom stereocenters. The Hall–Kier alpha value is -2.66. The van der Waals surface area contributed by atoms with Gasteiger partial charge in [-0.2, -0.15) is 4.68 Å². The lowest BCUT2D eigenvalue weighted by molar-refractivity contribution is -0.113. The number of aryl methyl sites for hydroxylation is 1. The number of carbonyl (C=O) groups excluding carboxylic acids is 1. The predicted octanol–water partition coefficient (Wildman–Crippen LogP) is 4.71. The summed E-state index contributed by atoms with van der Waals surface area (Å²) in [6, 6.07) is 10.9. The van der Waals surface area contributed by atoms with Gasteiger partial charge in [0, 0.05) is 10.9 Å². The molecule has 0 radical (unpaired) electrons. The number of hydrogen-bond acceptors (Lipinski definition) is 8. The van der Waals surface area contributed by atoms with Crippen LogP contribution in [-0.2, 0) is 4.79 Å². The average Bonchev–Trinajstić information content (AvgIpc) is 3.37. The minimum Gasteiger partial charge on any atom is -0.375 e. The van der Waals surface area contributed by atoms with Gasteiger partial charge in [0.25, 0.3) is 0 Å². The van der Waals surface area contributed by atoms with Gasteiger partial charge in [0.15, 0.2) is 5.13 Å². The summed E-state index contributed by atoms with van der Waals surface area (Å²) in [5.41, 5.74) is 9.40. The van der Waals surface area contributed by atoms with E-state index in [1.54, 1.807) is 12.1 Å². The molecule has 0 bridgehead atoms. The molecule has 2 aromatic carbocycles. The van der Waals surface area contributed by atoms with E-state index >= 15 is 0 Å². The molecule has 1 amide bonds. The SMILES string of the molecule is Cc1ccc(-n2nnnc2SCC(=O)Nc2ccc(-c3csc(N)n3)cc2Cl)c(Cl)c1. The standard InChI is InChI=1S/C19H15Cl2N7OS2/c1-10-2-5-16(13(21)6-10)28-19(25-26-27-28)31-9-17(29)23-14-4-3-11(7-12(14)20)15-8-30-18(22)24-15/h2-8H,9H2,1H3,(H2,22,24)(H,23,29). The number of benzene rings is 2. The van der Waals surface area contributed by atoms with Crippen molar-refractivity contribution in [3.63, 3.8) is 0 Å². The molecule has 3 N–H and O–H groups in total. The molecule has 0 fully saturated rings. The second-order valence-electron chi connectivity index (χ2n) is 6.43. The molecule has 158 valence electrons. The van der Waals surface area contributed by atoms with Crippen LogP contribution >= 0.6 is 46.3 Å². The molecule has 0 spiro atoms. The van der Waals surface area contributed by atoms with E-state index in [1.807, 2.05) is 36.6 Å². The lowest BCUT2D eigenvalue weighted by Crippen LogP contribution is -2.15. The van der Waals surface area contributed by atoms with Crippen molar-refractivity contribution in [2.75, 3.05) is 16.8 Å². The van der Waals surface area contributed by atoms with E-state index in [1.165, 1.54) is 27.8 Å². The van der Waals surface area contributed by atoms with Crippen molar-refractivity contribution in [2.24, 2.45) is 0 Å². The number of halogens is 2. The number of nitrogens with one attached hydrogen (secondary N) is 1. The summed E-state index contributed by atoms with van der Waals surface area (Å²) < 4.78 is 1.50. The molecule has 0 aliphatic heterocycles. The smallest absolute Gasteiger partial charge is 0.234 e. The van der Waals surface area contributed by atoms with Crippen LogP contribution < -0.4 is 11.1 Å². The van der Waals surface area contributed by atoms with Crippen LogP contribution in [0.1, 0.15) is 5.56 Å². The van der Waals surface area contributed by atoms with Crippen LogP contribution in [-0.4, -0.2) is 36.9 Å². The van der Waals surface area contributed by atoms with Crippen molar-refractivity contribution in [3.8, 4) is 16.9 Å². The number of nitrogen functional groups attached to an aromatic ring is 1. The van der Waals surface area contributed by atoms with Gasteiger partial charge in [-0.25, -0.2) is 4.98 Å². The van der Waals surface area contributed by atoms with E-state index in [0.29, 0.717) is 31.7 Å². The number of thiazole rings is 1. The summed E-state index contributed by atoms with van der Waals surface area (Å²) in [4.78, 5) is 16.7. The fourth-order valence-corrected chi connectivity index (χ4v) is 4.52. The van der Waals surface area contributed by atoms with E-state index in [9.17, 15) is 4.79 Å². The average molecular weight is 492 g/mol. The number of rotatable bonds is 6. The van der Waals surface area contributed by atoms with Crippen molar-refractivity contribution in [1.29, 1.82) is 0 Å². The number of anilines is 2. The van der Waals surface area contributed by atoms with Gasteiger partial charge in [-0.05, 0) is 47.2 Å². The Kier molecular flexibility index (Phi) is 6.42. The lowest BCUT2D eigenvalue weighted by atomic mass is 10.1. The Morgan fingerprint density at radius 2 is 2.06 bits per heavy atom. The Labute approximate surface area is 195 Å². The highest BCUT2D eigenvalue weighted by Crippen LogP contribution is 2.30. The van der Waals surface area contributed by atoms with Crippen LogP contribution in [0.15, 0.2) is 46.9 Å². The highest BCUT2D eigenvalue weighted by atomic mass is 35.5. The van der Waals surface area contributed by atoms with Crippen LogP contribution in [0.25, 0.3) is 16.9 Å². The molecular formula is C19H15Cl2N7OS2. The number of aromatic nitrogens is 5. The van der Waals surface area contributed by atoms with Gasteiger partial charge in [0.2, 0.25) is 11.1 Å². The summed E-state index contributed by atoms with van der Waals surface area (Å²) in [5.74, 6) is -0.160. The van der Waals surface area contributed by atoms with Gasteiger partial charge in [0.05, 0.1) is 32.9 Å². The number of nitrogens with zero attached hydrogens (tertiary/aromatic N) is 5. The van der Waals surface area contributed by atoms with E-state index in [-0.39, 0.29) is 11.7 Å². The summed E-state index contributed by atoms with van der Waals surface area (Å²) in [7, 11) is 0. The zero-order valence-corrected chi connectivity index (χ0v) is 19.2. The molecule has 2 aromatic heterocycles. The van der Waals surface area contributed by atoms with Crippen LogP contribution in [0, 0.1) is 6.92 Å². The highest BCUT2D eigenvalue weighted by molar-refractivity contribution is 7.99. The molecule has 8 nitrogen and oxygen atoms in total. The van der Waals surface area contributed by atoms with Crippen molar-refractivity contribution in [1.82, 2.24) is 25.2 Å². The van der Waals surface area contributed by atoms with Crippen molar-refractivity contribution in [3.05, 3.63) is 57.4 Å². The van der Waals surface area contributed by atoms with Gasteiger partial charge in [-0.1, -0.05) is 47.1 Å². The van der Waals surface area contributed by atoms with Crippen LogP contribution in [0.3, 0.4) is 0 Å². The fourth-order valence-electron chi connectivity index (χ4n) is 2.72. The number of carbonyl (C=O) groups is 1. The monoisotopic (exact) mass is 491 g/mol. The van der Waals surface area contributed by atoms with Gasteiger partial charge in [0.1, 0.15) is 0 Å². The largest absolute Gasteiger partial charge is 0.375 e. The second kappa shape index (κ2) is 9.23. The first-order chi connectivity index (χ1) is 14.9. The van der Waals surface area contributed by atoms with Crippen molar-refractivity contribution < 1.29 is 4.79 Å². The van der Waals surface area contributed by atoms with Gasteiger partial charge >= 0.3 is 0 Å². The first kappa shape index (κ1) is 21.6. The van der Waals surface area contributed by atoms with Crippen LogP contribution in [0.4, 0.5) is 10.8 Å². The third kappa shape index (κ3) is 4.99. The molecule has 4 aromatic rings. The second-order valence-corrected chi connectivity index (χ2v) is 9.08. The summed E-state index contributed by atoms with van der Waals surface area (Å²) in [5, 5.41) is 18.2. The van der Waals surface area contributed by atoms with E-state index in [4.69, 9.17) is 28.9 Å². The minimum absolute atomic E-state index is 0.0879. The third-order valence-corrected chi connectivity index (χ3v) is 6.37.